The minimum Gasteiger partial charge on any atom is -0.361 e. The fourth-order valence-corrected chi connectivity index (χ4v) is 2.63. The van der Waals surface area contributed by atoms with Gasteiger partial charge in [-0.25, -0.2) is 19.6 Å². The van der Waals surface area contributed by atoms with Crippen LogP contribution >= 0.6 is 0 Å². The topological polar surface area (TPSA) is 94.6 Å². The van der Waals surface area contributed by atoms with Crippen molar-refractivity contribution >= 4 is 11.6 Å². The van der Waals surface area contributed by atoms with Gasteiger partial charge in [0.2, 0.25) is 5.95 Å². The van der Waals surface area contributed by atoms with Crippen LogP contribution in [0.2, 0.25) is 0 Å². The van der Waals surface area contributed by atoms with Gasteiger partial charge in [-0.3, -0.25) is 0 Å². The van der Waals surface area contributed by atoms with Gasteiger partial charge < -0.3 is 9.84 Å². The van der Waals surface area contributed by atoms with E-state index in [0.717, 1.165) is 28.8 Å². The van der Waals surface area contributed by atoms with Crippen molar-refractivity contribution in [2.75, 3.05) is 5.32 Å². The average molecular weight is 347 g/mol. The maximum Gasteiger partial charge on any atom is 0.227 e. The molecule has 0 fully saturated rings. The van der Waals surface area contributed by atoms with Crippen molar-refractivity contribution in [3.8, 4) is 17.1 Å². The Balaban J connectivity index is 1.55. The molecule has 1 aromatic carbocycles. The summed E-state index contributed by atoms with van der Waals surface area (Å²) in [4.78, 5) is 13.1. The molecule has 4 aromatic rings. The first-order valence-electron chi connectivity index (χ1n) is 8.13. The lowest BCUT2D eigenvalue weighted by atomic mass is 10.2. The van der Waals surface area contributed by atoms with Crippen LogP contribution in [0.15, 0.2) is 47.1 Å². The highest BCUT2D eigenvalue weighted by Gasteiger charge is 2.08. The zero-order valence-electron chi connectivity index (χ0n) is 14.6. The standard InChI is InChI=1S/C18H17N7O/c1-11-10-17(24-26-11)16-8-9-19-18(22-16)21-14-4-6-15(7-5-14)25-13(3)20-12(2)23-25/h4-10H,1-3H3,(H,19,21,22). The van der Waals surface area contributed by atoms with Crippen molar-refractivity contribution in [3.63, 3.8) is 0 Å². The molecule has 0 bridgehead atoms. The van der Waals surface area contributed by atoms with Gasteiger partial charge in [-0.15, -0.1) is 0 Å². The molecule has 0 saturated carbocycles. The SMILES string of the molecule is Cc1nc(C)n(-c2ccc(Nc3nccc(-c4cc(C)on4)n3)cc2)n1. The molecule has 3 heterocycles. The Hall–Kier alpha value is -3.55. The lowest BCUT2D eigenvalue weighted by Gasteiger charge is -2.07. The second kappa shape index (κ2) is 6.40. The van der Waals surface area contributed by atoms with Crippen molar-refractivity contribution in [3.05, 3.63) is 60.0 Å². The quantitative estimate of drug-likeness (QED) is 0.604. The second-order valence-electron chi connectivity index (χ2n) is 5.88. The Morgan fingerprint density at radius 3 is 2.42 bits per heavy atom. The van der Waals surface area contributed by atoms with Gasteiger partial charge in [-0.2, -0.15) is 5.10 Å². The highest BCUT2D eigenvalue weighted by atomic mass is 16.5. The van der Waals surface area contributed by atoms with E-state index < -0.39 is 0 Å². The fourth-order valence-electron chi connectivity index (χ4n) is 2.63. The van der Waals surface area contributed by atoms with E-state index >= 15 is 0 Å². The molecule has 0 aliphatic rings. The van der Waals surface area contributed by atoms with E-state index in [0.29, 0.717) is 17.3 Å². The molecule has 0 spiro atoms. The number of nitrogens with zero attached hydrogens (tertiary/aromatic N) is 6. The first-order chi connectivity index (χ1) is 12.6. The van der Waals surface area contributed by atoms with E-state index in [1.165, 1.54) is 0 Å². The van der Waals surface area contributed by atoms with E-state index in [4.69, 9.17) is 4.52 Å². The van der Waals surface area contributed by atoms with E-state index in [-0.39, 0.29) is 0 Å². The van der Waals surface area contributed by atoms with E-state index in [1.54, 1.807) is 12.3 Å². The Morgan fingerprint density at radius 2 is 1.77 bits per heavy atom. The van der Waals surface area contributed by atoms with Crippen LogP contribution in [-0.2, 0) is 0 Å². The number of anilines is 2. The number of nitrogens with one attached hydrogen (secondary N) is 1. The predicted octanol–water partition coefficient (Wildman–Crippen LogP) is 3.38. The van der Waals surface area contributed by atoms with Crippen molar-refractivity contribution < 1.29 is 4.52 Å². The molecule has 0 aliphatic heterocycles. The predicted molar refractivity (Wildman–Crippen MR) is 96.4 cm³/mol. The van der Waals surface area contributed by atoms with E-state index in [2.05, 4.69) is 30.5 Å². The summed E-state index contributed by atoms with van der Waals surface area (Å²) >= 11 is 0. The van der Waals surface area contributed by atoms with Crippen LogP contribution in [-0.4, -0.2) is 29.9 Å². The van der Waals surface area contributed by atoms with Gasteiger partial charge in [0.1, 0.15) is 23.1 Å². The number of hydrogen-bond donors (Lipinski definition) is 1. The van der Waals surface area contributed by atoms with Crippen molar-refractivity contribution in [2.45, 2.75) is 20.8 Å². The lowest BCUT2D eigenvalue weighted by molar-refractivity contribution is 0.399. The van der Waals surface area contributed by atoms with Crippen molar-refractivity contribution in [2.24, 2.45) is 0 Å². The molecule has 4 rings (SSSR count). The smallest absolute Gasteiger partial charge is 0.227 e. The van der Waals surface area contributed by atoms with Gasteiger partial charge in [0.15, 0.2) is 0 Å². The summed E-state index contributed by atoms with van der Waals surface area (Å²) in [5.41, 5.74) is 3.20. The van der Waals surface area contributed by atoms with Gasteiger partial charge in [-0.05, 0) is 51.1 Å². The van der Waals surface area contributed by atoms with Crippen LogP contribution in [0, 0.1) is 20.8 Å². The summed E-state index contributed by atoms with van der Waals surface area (Å²) in [5.74, 6) is 2.83. The van der Waals surface area contributed by atoms with Gasteiger partial charge >= 0.3 is 0 Å². The molecule has 0 atom stereocenters. The molecule has 8 heteroatoms. The first-order valence-corrected chi connectivity index (χ1v) is 8.13. The third-order valence-corrected chi connectivity index (χ3v) is 3.79. The number of rotatable bonds is 4. The fraction of sp³-hybridized carbons (Fsp3) is 0.167. The Bertz CT molecular complexity index is 1050. The van der Waals surface area contributed by atoms with E-state index in [9.17, 15) is 0 Å². The summed E-state index contributed by atoms with van der Waals surface area (Å²) in [6.07, 6.45) is 1.69. The number of hydrogen-bond acceptors (Lipinski definition) is 7. The Morgan fingerprint density at radius 1 is 0.962 bits per heavy atom. The molecule has 0 saturated heterocycles. The van der Waals surface area contributed by atoms with Crippen molar-refractivity contribution in [1.29, 1.82) is 0 Å². The maximum absolute atomic E-state index is 5.10. The molecule has 0 aliphatic carbocycles. The molecule has 26 heavy (non-hydrogen) atoms. The third-order valence-electron chi connectivity index (χ3n) is 3.79. The first kappa shape index (κ1) is 15.9. The Labute approximate surface area is 149 Å². The van der Waals surface area contributed by atoms with Gasteiger partial charge in [0, 0.05) is 18.0 Å². The van der Waals surface area contributed by atoms with Crippen LogP contribution < -0.4 is 5.32 Å². The lowest BCUT2D eigenvalue weighted by Crippen LogP contribution is -2.01. The monoisotopic (exact) mass is 347 g/mol. The molecule has 0 amide bonds. The summed E-state index contributed by atoms with van der Waals surface area (Å²) < 4.78 is 6.91. The zero-order chi connectivity index (χ0) is 18.1. The van der Waals surface area contributed by atoms with Gasteiger partial charge in [-0.1, -0.05) is 5.16 Å². The van der Waals surface area contributed by atoms with Crippen LogP contribution in [0.3, 0.4) is 0 Å². The molecule has 130 valence electrons. The highest BCUT2D eigenvalue weighted by molar-refractivity contribution is 5.59. The van der Waals surface area contributed by atoms with Crippen molar-refractivity contribution in [1.82, 2.24) is 29.9 Å². The molecule has 1 N–H and O–H groups in total. The molecule has 8 nitrogen and oxygen atoms in total. The van der Waals surface area contributed by atoms with Gasteiger partial charge in [0.05, 0.1) is 11.4 Å². The number of aromatic nitrogens is 6. The summed E-state index contributed by atoms with van der Waals surface area (Å²) in [6, 6.07) is 11.5. The molecular weight excluding hydrogens is 330 g/mol. The summed E-state index contributed by atoms with van der Waals surface area (Å²) in [5, 5.41) is 11.6. The number of aryl methyl sites for hydroxylation is 3. The average Bonchev–Trinajstić information content (AvgIpc) is 3.21. The van der Waals surface area contributed by atoms with E-state index in [1.807, 2.05) is 55.8 Å². The molecular formula is C18H17N7O. The van der Waals surface area contributed by atoms with Crippen LogP contribution in [0.25, 0.3) is 17.1 Å². The minimum atomic E-state index is 0.490. The highest BCUT2D eigenvalue weighted by Crippen LogP contribution is 2.20. The maximum atomic E-state index is 5.10. The van der Waals surface area contributed by atoms with Crippen LogP contribution in [0.4, 0.5) is 11.6 Å². The van der Waals surface area contributed by atoms with Crippen LogP contribution in [0.1, 0.15) is 17.4 Å². The second-order valence-corrected chi connectivity index (χ2v) is 5.88. The normalized spacial score (nSPS) is 10.9. The molecule has 0 radical (unpaired) electrons. The summed E-state index contributed by atoms with van der Waals surface area (Å²) in [7, 11) is 0. The number of benzene rings is 1. The molecule has 3 aromatic heterocycles. The van der Waals surface area contributed by atoms with Gasteiger partial charge in [0.25, 0.3) is 0 Å². The molecule has 0 unspecified atom stereocenters. The summed E-state index contributed by atoms with van der Waals surface area (Å²) in [6.45, 7) is 5.65. The largest absolute Gasteiger partial charge is 0.361 e. The Kier molecular flexibility index (Phi) is 3.92. The minimum absolute atomic E-state index is 0.490. The third kappa shape index (κ3) is 3.16. The zero-order valence-corrected chi connectivity index (χ0v) is 14.6. The van der Waals surface area contributed by atoms with Crippen LogP contribution in [0.5, 0.6) is 0 Å².